The summed E-state index contributed by atoms with van der Waals surface area (Å²) < 4.78 is 85.9. The SMILES string of the molecule is O=C(Oc1c(I)cc(I)cc1C(=O)OCC(F)(F)S(=O)(=O)O)C(=O)OC12CC3CC(C1)CC(C(=O)OC1(c4cccs4)CCOC1)(C3)C2. The lowest BCUT2D eigenvalue weighted by Crippen LogP contribution is -2.61. The number of hydrogen-bond acceptors (Lipinski definition) is 12. The number of halogens is 4. The quantitative estimate of drug-likeness (QED) is 0.0869. The first-order valence-electron chi connectivity index (χ1n) is 14.8. The van der Waals surface area contributed by atoms with Gasteiger partial charge in [-0.15, -0.1) is 11.3 Å². The number of carbonyl (C=O) groups excluding carboxylic acids is 4. The molecule has 3 atom stereocenters. The van der Waals surface area contributed by atoms with Gasteiger partial charge in [0.2, 0.25) is 0 Å². The molecular weight excluding hydrogens is 908 g/mol. The van der Waals surface area contributed by atoms with Crippen molar-refractivity contribution in [3.05, 3.63) is 47.2 Å². The molecule has 1 N–H and O–H groups in total. The molecule has 1 aromatic heterocycles. The average Bonchev–Trinajstić information content (AvgIpc) is 3.69. The lowest BCUT2D eigenvalue weighted by atomic mass is 9.48. The summed E-state index contributed by atoms with van der Waals surface area (Å²) in [7, 11) is -5.88. The summed E-state index contributed by atoms with van der Waals surface area (Å²) in [6.45, 7) is -1.33. The van der Waals surface area contributed by atoms with Crippen molar-refractivity contribution < 1.29 is 64.6 Å². The molecule has 18 heteroatoms. The van der Waals surface area contributed by atoms with E-state index in [2.05, 4.69) is 4.74 Å². The van der Waals surface area contributed by atoms with Gasteiger partial charge in [0, 0.05) is 16.4 Å². The molecule has 12 nitrogen and oxygen atoms in total. The van der Waals surface area contributed by atoms with E-state index in [0.717, 1.165) is 17.4 Å². The maximum Gasteiger partial charge on any atom is 0.422 e. The minimum atomic E-state index is -5.88. The van der Waals surface area contributed by atoms with E-state index in [1.165, 1.54) is 17.4 Å². The minimum absolute atomic E-state index is 0.0551. The Balaban J connectivity index is 1.18. The molecule has 7 rings (SSSR count). The molecule has 2 heterocycles. The molecule has 0 spiro atoms. The predicted octanol–water partition coefficient (Wildman–Crippen LogP) is 5.24. The molecule has 48 heavy (non-hydrogen) atoms. The summed E-state index contributed by atoms with van der Waals surface area (Å²) in [4.78, 5) is 54.1. The largest absolute Gasteiger partial charge is 0.454 e. The van der Waals surface area contributed by atoms with Crippen LogP contribution in [0.5, 0.6) is 5.75 Å². The highest BCUT2D eigenvalue weighted by Crippen LogP contribution is 2.63. The third-order valence-electron chi connectivity index (χ3n) is 9.33. The van der Waals surface area contributed by atoms with Crippen molar-refractivity contribution in [2.75, 3.05) is 19.8 Å². The van der Waals surface area contributed by atoms with Gasteiger partial charge < -0.3 is 23.7 Å². The third-order valence-corrected chi connectivity index (χ3v) is 12.7. The molecule has 4 aliphatic carbocycles. The second kappa shape index (κ2) is 13.0. The zero-order chi connectivity index (χ0) is 34.7. The van der Waals surface area contributed by atoms with Gasteiger partial charge in [0.15, 0.2) is 18.0 Å². The smallest absolute Gasteiger partial charge is 0.422 e. The summed E-state index contributed by atoms with van der Waals surface area (Å²) in [6.07, 6.45) is 3.54. The van der Waals surface area contributed by atoms with E-state index in [-0.39, 0.29) is 34.4 Å². The predicted molar refractivity (Wildman–Crippen MR) is 178 cm³/mol. The topological polar surface area (TPSA) is 169 Å². The van der Waals surface area contributed by atoms with Crippen LogP contribution in [-0.4, -0.2) is 67.5 Å². The van der Waals surface area contributed by atoms with E-state index in [1.54, 1.807) is 45.2 Å². The molecule has 0 radical (unpaired) electrons. The number of carbonyl (C=O) groups is 4. The van der Waals surface area contributed by atoms with Crippen molar-refractivity contribution in [2.45, 2.75) is 61.4 Å². The average molecular weight is 936 g/mol. The maximum absolute atomic E-state index is 14.0. The Labute approximate surface area is 304 Å². The molecule has 260 valence electrons. The first-order valence-corrected chi connectivity index (χ1v) is 19.2. The van der Waals surface area contributed by atoms with Crippen molar-refractivity contribution in [1.29, 1.82) is 0 Å². The number of hydrogen-bond donors (Lipinski definition) is 1. The first kappa shape index (κ1) is 35.8. The number of ether oxygens (including phenoxy) is 5. The Bertz CT molecular complexity index is 1740. The normalized spacial score (nSPS) is 29.4. The molecule has 2 aromatic rings. The zero-order valence-corrected chi connectivity index (χ0v) is 30.8. The summed E-state index contributed by atoms with van der Waals surface area (Å²) in [5, 5.41) is -2.89. The van der Waals surface area contributed by atoms with Gasteiger partial charge in [-0.25, -0.2) is 14.4 Å². The molecule has 5 aliphatic rings. The van der Waals surface area contributed by atoms with Crippen molar-refractivity contribution in [3.63, 3.8) is 0 Å². The van der Waals surface area contributed by atoms with Crippen LogP contribution in [0.4, 0.5) is 8.78 Å². The van der Waals surface area contributed by atoms with E-state index in [4.69, 9.17) is 23.5 Å². The monoisotopic (exact) mass is 936 g/mol. The summed E-state index contributed by atoms with van der Waals surface area (Å²) in [6, 6.07) is 6.39. The molecule has 3 unspecified atom stereocenters. The van der Waals surface area contributed by atoms with Gasteiger partial charge in [-0.3, -0.25) is 9.35 Å². The second-order valence-corrected chi connectivity index (χ2v) is 17.7. The van der Waals surface area contributed by atoms with Gasteiger partial charge in [-0.05, 0) is 113 Å². The number of esters is 4. The molecule has 5 fully saturated rings. The van der Waals surface area contributed by atoms with Gasteiger partial charge in [-0.1, -0.05) is 6.07 Å². The standard InChI is InChI=1S/C30H28F2I2O12S2/c31-30(32,48(39,40)41)15-43-23(35)19-7-18(33)8-20(34)22(19)44-24(36)25(37)45-28-11-16-6-17(12-28)10-27(9-16,13-28)26(38)46-29(3-4-42-14-29)21-2-1-5-47-21/h1-2,5,7-8,16-17H,3-4,6,9-15H2,(H,39,40,41). The summed E-state index contributed by atoms with van der Waals surface area (Å²) in [5.74, 6) is -5.14. The highest BCUT2D eigenvalue weighted by Gasteiger charge is 2.64. The van der Waals surface area contributed by atoms with Crippen molar-refractivity contribution in [2.24, 2.45) is 17.3 Å². The molecule has 1 saturated heterocycles. The Morgan fingerprint density at radius 2 is 1.77 bits per heavy atom. The van der Waals surface area contributed by atoms with Crippen molar-refractivity contribution >= 4 is 90.5 Å². The van der Waals surface area contributed by atoms with Gasteiger partial charge in [0.25, 0.3) is 0 Å². The van der Waals surface area contributed by atoms with Gasteiger partial charge >= 0.3 is 39.2 Å². The maximum atomic E-state index is 14.0. The number of rotatable bonds is 9. The highest BCUT2D eigenvalue weighted by atomic mass is 127. The molecule has 0 amide bonds. The van der Waals surface area contributed by atoms with Crippen LogP contribution in [0.25, 0.3) is 0 Å². The molecule has 4 bridgehead atoms. The highest BCUT2D eigenvalue weighted by molar-refractivity contribution is 14.1. The van der Waals surface area contributed by atoms with Crippen LogP contribution in [0.15, 0.2) is 29.6 Å². The Morgan fingerprint density at radius 3 is 2.38 bits per heavy atom. The van der Waals surface area contributed by atoms with E-state index in [9.17, 15) is 36.4 Å². The van der Waals surface area contributed by atoms with Crippen molar-refractivity contribution in [3.8, 4) is 5.75 Å². The van der Waals surface area contributed by atoms with Gasteiger partial charge in [0.1, 0.15) is 11.2 Å². The summed E-state index contributed by atoms with van der Waals surface area (Å²) >= 11 is 4.97. The van der Waals surface area contributed by atoms with E-state index in [1.807, 2.05) is 17.5 Å². The molecule has 1 aliphatic heterocycles. The van der Waals surface area contributed by atoms with Crippen molar-refractivity contribution in [1.82, 2.24) is 0 Å². The first-order chi connectivity index (χ1) is 22.5. The molecular formula is C30H28F2I2O12S2. The number of benzene rings is 1. The fourth-order valence-electron chi connectivity index (χ4n) is 7.72. The van der Waals surface area contributed by atoms with Crippen LogP contribution in [-0.2, 0) is 49.1 Å². The lowest BCUT2D eigenvalue weighted by molar-refractivity contribution is -0.220. The molecule has 4 saturated carbocycles. The number of thiophene rings is 1. The van der Waals surface area contributed by atoms with Crippen LogP contribution in [0.2, 0.25) is 0 Å². The van der Waals surface area contributed by atoms with Crippen LogP contribution in [0.3, 0.4) is 0 Å². The van der Waals surface area contributed by atoms with Gasteiger partial charge in [-0.2, -0.15) is 17.2 Å². The van der Waals surface area contributed by atoms with Crippen LogP contribution in [0, 0.1) is 24.4 Å². The zero-order valence-electron chi connectivity index (χ0n) is 24.9. The van der Waals surface area contributed by atoms with Gasteiger partial charge in [0.05, 0.1) is 27.1 Å². The third kappa shape index (κ3) is 6.84. The van der Waals surface area contributed by atoms with Crippen LogP contribution >= 0.6 is 56.5 Å². The minimum Gasteiger partial charge on any atom is -0.454 e. The van der Waals surface area contributed by atoms with Crippen LogP contribution < -0.4 is 4.74 Å². The fourth-order valence-corrected chi connectivity index (χ4v) is 10.8. The Hall–Kier alpha value is -2.01. The number of alkyl halides is 2. The Kier molecular flexibility index (Phi) is 9.66. The van der Waals surface area contributed by atoms with E-state index in [0.29, 0.717) is 42.3 Å². The van der Waals surface area contributed by atoms with E-state index >= 15 is 0 Å². The Morgan fingerprint density at radius 1 is 1.06 bits per heavy atom. The molecule has 1 aromatic carbocycles. The fraction of sp³-hybridized carbons (Fsp3) is 0.533. The lowest BCUT2D eigenvalue weighted by Gasteiger charge is -2.59. The second-order valence-electron chi connectivity index (χ2n) is 12.8. The van der Waals surface area contributed by atoms with Crippen LogP contribution in [0.1, 0.15) is 60.2 Å². The summed E-state index contributed by atoms with van der Waals surface area (Å²) in [5.41, 5.74) is -3.50. The van der Waals surface area contributed by atoms with E-state index < -0.39 is 67.8 Å².